The predicted molar refractivity (Wildman–Crippen MR) is 113 cm³/mol. The van der Waals surface area contributed by atoms with Crippen LogP contribution in [-0.4, -0.2) is 40.6 Å². The van der Waals surface area contributed by atoms with Gasteiger partial charge in [0.25, 0.3) is 12.3 Å². The second kappa shape index (κ2) is 8.00. The molecule has 0 radical (unpaired) electrons. The number of amidine groups is 1. The lowest BCUT2D eigenvalue weighted by molar-refractivity contribution is 0.102. The topological polar surface area (TPSA) is 127 Å². The van der Waals surface area contributed by atoms with Gasteiger partial charge < -0.3 is 11.1 Å². The summed E-state index contributed by atoms with van der Waals surface area (Å²) in [5, 5.41) is 2.08. The molecule has 1 atom stereocenters. The highest BCUT2D eigenvalue weighted by molar-refractivity contribution is 7.93. The Bertz CT molecular complexity index is 1240. The number of alkyl halides is 2. The number of anilines is 1. The quantitative estimate of drug-likeness (QED) is 0.635. The number of amides is 1. The maximum atomic E-state index is 14.6. The van der Waals surface area contributed by atoms with Gasteiger partial charge in [-0.1, -0.05) is 11.6 Å². The molecule has 0 saturated carbocycles. The minimum absolute atomic E-state index is 0.0144. The summed E-state index contributed by atoms with van der Waals surface area (Å²) in [4.78, 5) is 24.0. The number of rotatable bonds is 4. The van der Waals surface area contributed by atoms with Crippen molar-refractivity contribution in [3.8, 4) is 0 Å². The standard InChI is InChI=1S/C19H19ClF3N5O3S/c1-18(2)17(24)28-19(3,8-32(18,30)31)11-5-10(7-26-15(11)23)27-16(29)13-12(20)4-9(6-25-13)14(21)22/h4-7,14H,8H2,1-3H3,(H2,24,28)(H,27,29)/t19-/m0/s1. The van der Waals surface area contributed by atoms with Crippen molar-refractivity contribution >= 4 is 38.9 Å². The van der Waals surface area contributed by atoms with E-state index < -0.39 is 49.7 Å². The van der Waals surface area contributed by atoms with Crippen molar-refractivity contribution < 1.29 is 26.4 Å². The Morgan fingerprint density at radius 1 is 1.22 bits per heavy atom. The molecule has 0 spiro atoms. The molecule has 32 heavy (non-hydrogen) atoms. The van der Waals surface area contributed by atoms with Crippen LogP contribution in [0.3, 0.4) is 0 Å². The summed E-state index contributed by atoms with van der Waals surface area (Å²) in [5.74, 6) is -2.57. The van der Waals surface area contributed by atoms with Crippen LogP contribution in [-0.2, 0) is 15.4 Å². The molecule has 1 amide bonds. The first-order valence-electron chi connectivity index (χ1n) is 9.17. The predicted octanol–water partition coefficient (Wildman–Crippen LogP) is 3.24. The van der Waals surface area contributed by atoms with Crippen LogP contribution in [0.1, 0.15) is 48.8 Å². The summed E-state index contributed by atoms with van der Waals surface area (Å²) in [5.41, 5.74) is 3.27. The lowest BCUT2D eigenvalue weighted by atomic mass is 9.94. The summed E-state index contributed by atoms with van der Waals surface area (Å²) in [6.07, 6.45) is -1.01. The molecule has 1 aliphatic heterocycles. The van der Waals surface area contributed by atoms with E-state index in [-0.39, 0.29) is 27.8 Å². The Morgan fingerprint density at radius 2 is 1.88 bits per heavy atom. The zero-order valence-corrected chi connectivity index (χ0v) is 18.7. The van der Waals surface area contributed by atoms with Crippen molar-refractivity contribution in [2.45, 2.75) is 37.5 Å². The van der Waals surface area contributed by atoms with E-state index in [0.29, 0.717) is 0 Å². The smallest absolute Gasteiger partial charge is 0.275 e. The number of carbonyl (C=O) groups excluding carboxylic acids is 1. The van der Waals surface area contributed by atoms with Gasteiger partial charge in [-0.3, -0.25) is 9.79 Å². The molecule has 0 saturated heterocycles. The molecule has 3 N–H and O–H groups in total. The summed E-state index contributed by atoms with van der Waals surface area (Å²) >= 11 is 5.88. The first-order chi connectivity index (χ1) is 14.7. The zero-order chi connectivity index (χ0) is 24.1. The van der Waals surface area contributed by atoms with Crippen LogP contribution in [0, 0.1) is 5.95 Å². The molecule has 172 valence electrons. The number of hydrogen-bond acceptors (Lipinski definition) is 7. The molecule has 3 heterocycles. The third kappa shape index (κ3) is 4.16. The molecule has 13 heteroatoms. The molecule has 1 aliphatic rings. The minimum atomic E-state index is -3.80. The number of sulfone groups is 1. The Balaban J connectivity index is 1.97. The van der Waals surface area contributed by atoms with Gasteiger partial charge in [-0.2, -0.15) is 4.39 Å². The second-order valence-corrected chi connectivity index (χ2v) is 10.9. The van der Waals surface area contributed by atoms with E-state index in [1.807, 2.05) is 0 Å². The summed E-state index contributed by atoms with van der Waals surface area (Å²) in [7, 11) is -3.80. The number of aromatic nitrogens is 2. The number of carbonyl (C=O) groups is 1. The first kappa shape index (κ1) is 23.9. The number of nitrogens with two attached hydrogens (primary N) is 1. The lowest BCUT2D eigenvalue weighted by Gasteiger charge is -2.37. The molecule has 0 aliphatic carbocycles. The molecule has 2 aromatic heterocycles. The number of aliphatic imine (C=N–C) groups is 1. The third-order valence-electron chi connectivity index (χ3n) is 5.24. The molecule has 2 aromatic rings. The van der Waals surface area contributed by atoms with Gasteiger partial charge in [0.2, 0.25) is 5.95 Å². The summed E-state index contributed by atoms with van der Waals surface area (Å²) in [6, 6.07) is 2.09. The SMILES string of the molecule is CC1(C)C(N)=N[C@](C)(c2cc(NC(=O)c3ncc(C(F)F)cc3Cl)cnc2F)CS1(=O)=O. The van der Waals surface area contributed by atoms with Crippen LogP contribution < -0.4 is 11.1 Å². The van der Waals surface area contributed by atoms with E-state index in [2.05, 4.69) is 20.3 Å². The monoisotopic (exact) mass is 489 g/mol. The Labute approximate surface area is 187 Å². The highest BCUT2D eigenvalue weighted by Gasteiger charge is 2.49. The molecule has 8 nitrogen and oxygen atoms in total. The van der Waals surface area contributed by atoms with E-state index in [0.717, 1.165) is 18.5 Å². The second-order valence-electron chi connectivity index (χ2n) is 7.96. The molecular weight excluding hydrogens is 471 g/mol. The number of hydrogen-bond donors (Lipinski definition) is 2. The highest BCUT2D eigenvalue weighted by Crippen LogP contribution is 2.38. The van der Waals surface area contributed by atoms with E-state index >= 15 is 0 Å². The van der Waals surface area contributed by atoms with E-state index in [1.54, 1.807) is 0 Å². The van der Waals surface area contributed by atoms with Gasteiger partial charge >= 0.3 is 0 Å². The van der Waals surface area contributed by atoms with Gasteiger partial charge in [0.1, 0.15) is 21.8 Å². The van der Waals surface area contributed by atoms with Crippen molar-refractivity contribution in [1.29, 1.82) is 0 Å². The van der Waals surface area contributed by atoms with Crippen molar-refractivity contribution in [3.05, 3.63) is 52.3 Å². The number of pyridine rings is 2. The molecule has 0 bridgehead atoms. The van der Waals surface area contributed by atoms with Gasteiger partial charge in [0, 0.05) is 17.3 Å². The third-order valence-corrected chi connectivity index (χ3v) is 8.23. The average molecular weight is 490 g/mol. The van der Waals surface area contributed by atoms with Gasteiger partial charge in [-0.25, -0.2) is 27.2 Å². The molecule has 0 unspecified atom stereocenters. The summed E-state index contributed by atoms with van der Waals surface area (Å²) < 4.78 is 64.1. The van der Waals surface area contributed by atoms with Crippen molar-refractivity contribution in [3.63, 3.8) is 0 Å². The zero-order valence-electron chi connectivity index (χ0n) is 17.2. The fourth-order valence-corrected chi connectivity index (χ4v) is 5.05. The van der Waals surface area contributed by atoms with Crippen LogP contribution >= 0.6 is 11.6 Å². The summed E-state index contributed by atoms with van der Waals surface area (Å²) in [6.45, 7) is 4.20. The van der Waals surface area contributed by atoms with Gasteiger partial charge in [-0.15, -0.1) is 0 Å². The minimum Gasteiger partial charge on any atom is -0.386 e. The molecule has 3 rings (SSSR count). The van der Waals surface area contributed by atoms with Crippen LogP contribution in [0.2, 0.25) is 5.02 Å². The normalized spacial score (nSPS) is 21.8. The Kier molecular flexibility index (Phi) is 5.98. The highest BCUT2D eigenvalue weighted by atomic mass is 35.5. The molecular formula is C19H19ClF3N5O3S. The number of nitrogens with zero attached hydrogens (tertiary/aromatic N) is 3. The van der Waals surface area contributed by atoms with E-state index in [4.69, 9.17) is 17.3 Å². The van der Waals surface area contributed by atoms with E-state index in [1.165, 1.54) is 26.8 Å². The van der Waals surface area contributed by atoms with Gasteiger partial charge in [-0.05, 0) is 32.9 Å². The molecule has 0 fully saturated rings. The number of nitrogens with one attached hydrogen (secondary N) is 1. The van der Waals surface area contributed by atoms with Crippen LogP contribution in [0.25, 0.3) is 0 Å². The Hall–Kier alpha value is -2.73. The number of halogens is 4. The Morgan fingerprint density at radius 3 is 2.44 bits per heavy atom. The fourth-order valence-electron chi connectivity index (χ4n) is 3.10. The largest absolute Gasteiger partial charge is 0.386 e. The van der Waals surface area contributed by atoms with Crippen molar-refractivity contribution in [1.82, 2.24) is 9.97 Å². The van der Waals surface area contributed by atoms with Crippen molar-refractivity contribution in [2.75, 3.05) is 11.1 Å². The van der Waals surface area contributed by atoms with E-state index in [9.17, 15) is 26.4 Å². The van der Waals surface area contributed by atoms with Crippen LogP contribution in [0.15, 0.2) is 29.5 Å². The maximum Gasteiger partial charge on any atom is 0.275 e. The van der Waals surface area contributed by atoms with Crippen LogP contribution in [0.4, 0.5) is 18.9 Å². The average Bonchev–Trinajstić information content (AvgIpc) is 2.67. The fraction of sp³-hybridized carbons (Fsp3) is 0.368. The van der Waals surface area contributed by atoms with Crippen LogP contribution in [0.5, 0.6) is 0 Å². The first-order valence-corrected chi connectivity index (χ1v) is 11.2. The molecule has 0 aromatic carbocycles. The lowest BCUT2D eigenvalue weighted by Crippen LogP contribution is -2.55. The maximum absolute atomic E-state index is 14.6. The van der Waals surface area contributed by atoms with Gasteiger partial charge in [0.05, 0.1) is 22.7 Å². The van der Waals surface area contributed by atoms with Gasteiger partial charge in [0.15, 0.2) is 9.84 Å². The van der Waals surface area contributed by atoms with Crippen molar-refractivity contribution in [2.24, 2.45) is 10.7 Å².